The van der Waals surface area contributed by atoms with Crippen LogP contribution in [0.4, 0.5) is 0 Å². The first kappa shape index (κ1) is 13.4. The molecule has 0 saturated heterocycles. The molecular weight excluding hydrogens is 176 g/mol. The molecule has 0 radical (unpaired) electrons. The number of rotatable bonds is 7. The van der Waals surface area contributed by atoms with Gasteiger partial charge < -0.3 is 10.6 Å². The third-order valence-electron chi connectivity index (χ3n) is 1.88. The maximum atomic E-state index is 7.28. The molecule has 0 aliphatic rings. The molecule has 0 aromatic rings. The first-order valence-corrected chi connectivity index (χ1v) is 5.11. The molecule has 0 saturated carbocycles. The van der Waals surface area contributed by atoms with Crippen LogP contribution in [-0.2, 0) is 0 Å². The van der Waals surface area contributed by atoms with E-state index in [2.05, 4.69) is 37.7 Å². The van der Waals surface area contributed by atoms with Crippen LogP contribution in [0.5, 0.6) is 0 Å². The average Bonchev–Trinajstić information content (AvgIpc) is 1.97. The van der Waals surface area contributed by atoms with Crippen molar-refractivity contribution in [2.75, 3.05) is 40.3 Å². The highest BCUT2D eigenvalue weighted by molar-refractivity contribution is 5.78. The minimum atomic E-state index is 0.254. The Morgan fingerprint density at radius 1 is 1.29 bits per heavy atom. The van der Waals surface area contributed by atoms with E-state index >= 15 is 0 Å². The van der Waals surface area contributed by atoms with Crippen LogP contribution in [0.25, 0.3) is 0 Å². The van der Waals surface area contributed by atoms with Gasteiger partial charge in [0.15, 0.2) is 0 Å². The van der Waals surface area contributed by atoms with Gasteiger partial charge in [0.05, 0.1) is 6.54 Å². The molecule has 4 heteroatoms. The molecule has 0 aliphatic heterocycles. The molecular formula is C10H24N4. The third-order valence-corrected chi connectivity index (χ3v) is 1.88. The highest BCUT2D eigenvalue weighted by Gasteiger charge is 2.08. The van der Waals surface area contributed by atoms with E-state index in [1.54, 1.807) is 0 Å². The van der Waals surface area contributed by atoms with Crippen molar-refractivity contribution >= 4 is 5.84 Å². The molecule has 0 rings (SSSR count). The number of hydrogen-bond acceptors (Lipinski definition) is 3. The van der Waals surface area contributed by atoms with E-state index in [0.29, 0.717) is 12.5 Å². The molecule has 0 aromatic carbocycles. The van der Waals surface area contributed by atoms with Crippen molar-refractivity contribution < 1.29 is 0 Å². The monoisotopic (exact) mass is 200 g/mol. The van der Waals surface area contributed by atoms with Gasteiger partial charge in [-0.05, 0) is 20.0 Å². The van der Waals surface area contributed by atoms with Crippen LogP contribution in [0, 0.1) is 11.3 Å². The van der Waals surface area contributed by atoms with E-state index in [-0.39, 0.29) is 5.84 Å². The second kappa shape index (κ2) is 6.79. The standard InChI is InChI=1S/C10H24N4/c1-9(2)7-14(8-10(11)12)6-5-13(3)4/h9H,5-8H2,1-4H3,(H3,11,12). The van der Waals surface area contributed by atoms with E-state index in [4.69, 9.17) is 11.1 Å². The fourth-order valence-electron chi connectivity index (χ4n) is 1.33. The van der Waals surface area contributed by atoms with Crippen molar-refractivity contribution in [3.8, 4) is 0 Å². The van der Waals surface area contributed by atoms with Crippen LogP contribution in [0.1, 0.15) is 13.8 Å². The lowest BCUT2D eigenvalue weighted by atomic mass is 10.2. The highest BCUT2D eigenvalue weighted by atomic mass is 15.2. The zero-order chi connectivity index (χ0) is 11.1. The zero-order valence-electron chi connectivity index (χ0n) is 9.88. The summed E-state index contributed by atoms with van der Waals surface area (Å²) in [5.41, 5.74) is 5.40. The van der Waals surface area contributed by atoms with E-state index in [9.17, 15) is 0 Å². The Morgan fingerprint density at radius 3 is 2.21 bits per heavy atom. The number of amidine groups is 1. The number of nitrogens with zero attached hydrogens (tertiary/aromatic N) is 2. The van der Waals surface area contributed by atoms with Gasteiger partial charge in [0.2, 0.25) is 0 Å². The minimum absolute atomic E-state index is 0.254. The fourth-order valence-corrected chi connectivity index (χ4v) is 1.33. The van der Waals surface area contributed by atoms with Gasteiger partial charge in [0.1, 0.15) is 5.84 Å². The summed E-state index contributed by atoms with van der Waals surface area (Å²) >= 11 is 0. The summed E-state index contributed by atoms with van der Waals surface area (Å²) in [5.74, 6) is 0.876. The molecule has 14 heavy (non-hydrogen) atoms. The van der Waals surface area contributed by atoms with Crippen LogP contribution in [0.2, 0.25) is 0 Å². The van der Waals surface area contributed by atoms with Gasteiger partial charge in [-0.3, -0.25) is 10.3 Å². The van der Waals surface area contributed by atoms with Crippen molar-refractivity contribution in [3.63, 3.8) is 0 Å². The van der Waals surface area contributed by atoms with Gasteiger partial charge in [0.25, 0.3) is 0 Å². The van der Waals surface area contributed by atoms with E-state index in [0.717, 1.165) is 19.6 Å². The van der Waals surface area contributed by atoms with Crippen molar-refractivity contribution in [1.82, 2.24) is 9.80 Å². The molecule has 0 aliphatic carbocycles. The largest absolute Gasteiger partial charge is 0.387 e. The van der Waals surface area contributed by atoms with Crippen molar-refractivity contribution in [2.45, 2.75) is 13.8 Å². The van der Waals surface area contributed by atoms with Gasteiger partial charge in [0, 0.05) is 19.6 Å². The van der Waals surface area contributed by atoms with Gasteiger partial charge in [-0.1, -0.05) is 13.8 Å². The predicted octanol–water partition coefficient (Wildman–Crippen LogP) is 0.442. The summed E-state index contributed by atoms with van der Waals surface area (Å²) in [6.07, 6.45) is 0. The predicted molar refractivity (Wildman–Crippen MR) is 61.7 cm³/mol. The molecule has 0 spiro atoms. The summed E-state index contributed by atoms with van der Waals surface area (Å²) in [5, 5.41) is 7.28. The third kappa shape index (κ3) is 8.01. The number of nitrogens with one attached hydrogen (secondary N) is 1. The summed E-state index contributed by atoms with van der Waals surface area (Å²) in [4.78, 5) is 4.38. The van der Waals surface area contributed by atoms with Crippen LogP contribution in [-0.4, -0.2) is 55.9 Å². The second-order valence-electron chi connectivity index (χ2n) is 4.46. The topological polar surface area (TPSA) is 56.4 Å². The number of likely N-dealkylation sites (N-methyl/N-ethyl adjacent to an activating group) is 1. The van der Waals surface area contributed by atoms with Gasteiger partial charge >= 0.3 is 0 Å². The van der Waals surface area contributed by atoms with E-state index < -0.39 is 0 Å². The number of nitrogens with two attached hydrogens (primary N) is 1. The zero-order valence-corrected chi connectivity index (χ0v) is 9.88. The lowest BCUT2D eigenvalue weighted by molar-refractivity contribution is 0.243. The summed E-state index contributed by atoms with van der Waals surface area (Å²) in [6.45, 7) is 7.95. The molecule has 0 unspecified atom stereocenters. The quantitative estimate of drug-likeness (QED) is 0.463. The van der Waals surface area contributed by atoms with Crippen molar-refractivity contribution in [2.24, 2.45) is 11.7 Å². The minimum Gasteiger partial charge on any atom is -0.387 e. The lowest BCUT2D eigenvalue weighted by Crippen LogP contribution is -2.39. The normalized spacial score (nSPS) is 11.6. The van der Waals surface area contributed by atoms with Crippen LogP contribution >= 0.6 is 0 Å². The Bertz CT molecular complexity index is 166. The van der Waals surface area contributed by atoms with Crippen molar-refractivity contribution in [3.05, 3.63) is 0 Å². The first-order valence-electron chi connectivity index (χ1n) is 5.11. The van der Waals surface area contributed by atoms with Crippen LogP contribution < -0.4 is 5.73 Å². The molecule has 4 nitrogen and oxygen atoms in total. The molecule has 0 amide bonds. The SMILES string of the molecule is CC(C)CN(CCN(C)C)CC(=N)N. The molecule has 0 aromatic heterocycles. The van der Waals surface area contributed by atoms with Crippen LogP contribution in [0.15, 0.2) is 0 Å². The second-order valence-corrected chi connectivity index (χ2v) is 4.46. The molecule has 84 valence electrons. The maximum Gasteiger partial charge on any atom is 0.105 e. The van der Waals surface area contributed by atoms with Crippen LogP contribution in [0.3, 0.4) is 0 Å². The Balaban J connectivity index is 3.90. The Hall–Kier alpha value is -0.610. The van der Waals surface area contributed by atoms with Gasteiger partial charge in [-0.25, -0.2) is 0 Å². The van der Waals surface area contributed by atoms with Gasteiger partial charge in [-0.2, -0.15) is 0 Å². The molecule has 0 atom stereocenters. The first-order chi connectivity index (χ1) is 6.41. The highest BCUT2D eigenvalue weighted by Crippen LogP contribution is 1.98. The Labute approximate surface area is 87.6 Å². The summed E-state index contributed by atoms with van der Waals surface area (Å²) < 4.78 is 0. The maximum absolute atomic E-state index is 7.28. The van der Waals surface area contributed by atoms with Crippen molar-refractivity contribution in [1.29, 1.82) is 5.41 Å². The van der Waals surface area contributed by atoms with E-state index in [1.165, 1.54) is 0 Å². The summed E-state index contributed by atoms with van der Waals surface area (Å²) in [6, 6.07) is 0. The summed E-state index contributed by atoms with van der Waals surface area (Å²) in [7, 11) is 4.11. The fraction of sp³-hybridized carbons (Fsp3) is 0.900. The molecule has 3 N–H and O–H groups in total. The van der Waals surface area contributed by atoms with E-state index in [1.807, 2.05) is 0 Å². The van der Waals surface area contributed by atoms with Gasteiger partial charge in [-0.15, -0.1) is 0 Å². The molecule has 0 fully saturated rings. The molecule has 0 bridgehead atoms. The smallest absolute Gasteiger partial charge is 0.105 e. The Kier molecular flexibility index (Phi) is 6.49. The molecule has 0 heterocycles. The lowest BCUT2D eigenvalue weighted by Gasteiger charge is -2.25. The Morgan fingerprint density at radius 2 is 1.86 bits per heavy atom. The number of hydrogen-bond donors (Lipinski definition) is 2. The average molecular weight is 200 g/mol.